The molecule has 7 heteroatoms. The van der Waals surface area contributed by atoms with Gasteiger partial charge >= 0.3 is 0 Å². The van der Waals surface area contributed by atoms with Gasteiger partial charge in [0.05, 0.1) is 4.92 Å². The zero-order chi connectivity index (χ0) is 12.5. The highest BCUT2D eigenvalue weighted by Crippen LogP contribution is 2.28. The minimum atomic E-state index is -3.82. The van der Waals surface area contributed by atoms with Gasteiger partial charge in [0, 0.05) is 6.07 Å². The predicted octanol–water partition coefficient (Wildman–Crippen LogP) is 1.12. The van der Waals surface area contributed by atoms with Crippen LogP contribution in [0, 0.1) is 24.0 Å². The molecule has 1 aromatic carbocycles. The normalized spacial score (nSPS) is 11.4. The van der Waals surface area contributed by atoms with Gasteiger partial charge in [0.2, 0.25) is 10.0 Å². The Balaban J connectivity index is 3.70. The summed E-state index contributed by atoms with van der Waals surface area (Å²) in [6, 6.07) is 2.73. The summed E-state index contributed by atoms with van der Waals surface area (Å²) in [6.07, 6.45) is 0. The van der Waals surface area contributed by atoms with E-state index in [0.29, 0.717) is 11.1 Å². The molecule has 16 heavy (non-hydrogen) atoms. The summed E-state index contributed by atoms with van der Waals surface area (Å²) in [6.45, 7) is 3.25. The number of rotatable bonds is 3. The Kier molecular flexibility index (Phi) is 3.30. The smallest absolute Gasteiger partial charge is 0.258 e. The molecular formula is C9H12N2O4S. The zero-order valence-electron chi connectivity index (χ0n) is 9.14. The lowest BCUT2D eigenvalue weighted by Crippen LogP contribution is -2.21. The molecule has 0 atom stereocenters. The molecule has 6 nitrogen and oxygen atoms in total. The van der Waals surface area contributed by atoms with E-state index in [1.54, 1.807) is 13.8 Å². The SMILES string of the molecule is CNS(=O)(=O)c1c([N+](=O)[O-])ccc(C)c1C. The van der Waals surface area contributed by atoms with E-state index in [2.05, 4.69) is 4.72 Å². The van der Waals surface area contributed by atoms with E-state index in [-0.39, 0.29) is 4.90 Å². The van der Waals surface area contributed by atoms with Crippen molar-refractivity contribution in [2.45, 2.75) is 18.7 Å². The number of nitrogens with one attached hydrogen (secondary N) is 1. The molecule has 0 aromatic heterocycles. The van der Waals surface area contributed by atoms with E-state index in [1.807, 2.05) is 0 Å². The molecule has 0 spiro atoms. The van der Waals surface area contributed by atoms with Crippen molar-refractivity contribution in [2.75, 3.05) is 7.05 Å². The second-order valence-electron chi connectivity index (χ2n) is 3.32. The van der Waals surface area contributed by atoms with Gasteiger partial charge < -0.3 is 0 Å². The first kappa shape index (κ1) is 12.6. The Morgan fingerprint density at radius 3 is 2.31 bits per heavy atom. The molecule has 0 heterocycles. The summed E-state index contributed by atoms with van der Waals surface area (Å²) in [5, 5.41) is 10.8. The molecular weight excluding hydrogens is 232 g/mol. The van der Waals surface area contributed by atoms with Crippen LogP contribution in [0.2, 0.25) is 0 Å². The van der Waals surface area contributed by atoms with Crippen LogP contribution in [0.1, 0.15) is 11.1 Å². The quantitative estimate of drug-likeness (QED) is 0.637. The largest absolute Gasteiger partial charge is 0.289 e. The fraction of sp³-hybridized carbons (Fsp3) is 0.333. The lowest BCUT2D eigenvalue weighted by molar-refractivity contribution is -0.387. The van der Waals surface area contributed by atoms with E-state index in [4.69, 9.17) is 0 Å². The van der Waals surface area contributed by atoms with Crippen LogP contribution in [0.4, 0.5) is 5.69 Å². The first-order valence-electron chi connectivity index (χ1n) is 4.49. The van der Waals surface area contributed by atoms with Crippen molar-refractivity contribution in [1.82, 2.24) is 4.72 Å². The standard InChI is InChI=1S/C9H12N2O4S/c1-6-4-5-8(11(12)13)9(7(6)2)16(14,15)10-3/h4-5,10H,1-3H3. The second kappa shape index (κ2) is 4.18. The fourth-order valence-corrected chi connectivity index (χ4v) is 2.55. The van der Waals surface area contributed by atoms with Crippen LogP contribution in [0.25, 0.3) is 0 Å². The molecule has 0 aliphatic carbocycles. The van der Waals surface area contributed by atoms with Crippen molar-refractivity contribution < 1.29 is 13.3 Å². The molecule has 0 bridgehead atoms. The molecule has 0 amide bonds. The molecule has 0 aliphatic rings. The van der Waals surface area contributed by atoms with Crippen LogP contribution in [-0.2, 0) is 10.0 Å². The van der Waals surface area contributed by atoms with Gasteiger partial charge in [0.15, 0.2) is 4.90 Å². The van der Waals surface area contributed by atoms with E-state index in [9.17, 15) is 18.5 Å². The first-order valence-corrected chi connectivity index (χ1v) is 5.97. The van der Waals surface area contributed by atoms with Crippen molar-refractivity contribution >= 4 is 15.7 Å². The molecule has 1 N–H and O–H groups in total. The third-order valence-electron chi connectivity index (χ3n) is 2.39. The van der Waals surface area contributed by atoms with Crippen LogP contribution >= 0.6 is 0 Å². The van der Waals surface area contributed by atoms with Gasteiger partial charge in [0.25, 0.3) is 5.69 Å². The van der Waals surface area contributed by atoms with Gasteiger partial charge in [-0.15, -0.1) is 0 Å². The highest BCUT2D eigenvalue weighted by Gasteiger charge is 2.27. The van der Waals surface area contributed by atoms with E-state index >= 15 is 0 Å². The van der Waals surface area contributed by atoms with Gasteiger partial charge in [-0.25, -0.2) is 13.1 Å². The van der Waals surface area contributed by atoms with Crippen molar-refractivity contribution in [2.24, 2.45) is 0 Å². The first-order chi connectivity index (χ1) is 7.31. The Morgan fingerprint density at radius 1 is 1.31 bits per heavy atom. The third kappa shape index (κ3) is 2.05. The summed E-state index contributed by atoms with van der Waals surface area (Å²) in [4.78, 5) is 9.80. The Bertz CT molecular complexity index is 537. The van der Waals surface area contributed by atoms with Crippen LogP contribution in [0.5, 0.6) is 0 Å². The second-order valence-corrected chi connectivity index (χ2v) is 5.14. The summed E-state index contributed by atoms with van der Waals surface area (Å²) >= 11 is 0. The number of nitrogens with zero attached hydrogens (tertiary/aromatic N) is 1. The summed E-state index contributed by atoms with van der Waals surface area (Å²) in [7, 11) is -2.60. The lowest BCUT2D eigenvalue weighted by atomic mass is 10.1. The van der Waals surface area contributed by atoms with Crippen molar-refractivity contribution in [1.29, 1.82) is 0 Å². The number of nitro benzene ring substituents is 1. The summed E-state index contributed by atoms with van der Waals surface area (Å²) in [5.41, 5.74) is 0.681. The molecule has 88 valence electrons. The number of aryl methyl sites for hydroxylation is 1. The molecule has 0 unspecified atom stereocenters. The maximum atomic E-state index is 11.7. The lowest BCUT2D eigenvalue weighted by Gasteiger charge is -2.09. The Morgan fingerprint density at radius 2 is 1.88 bits per heavy atom. The molecule has 0 saturated heterocycles. The average Bonchev–Trinajstić information content (AvgIpc) is 2.21. The Hall–Kier alpha value is -1.47. The van der Waals surface area contributed by atoms with Crippen LogP contribution in [0.3, 0.4) is 0 Å². The minimum absolute atomic E-state index is 0.264. The van der Waals surface area contributed by atoms with E-state index in [0.717, 1.165) is 0 Å². The number of nitro groups is 1. The maximum Gasteiger partial charge on any atom is 0.289 e. The third-order valence-corrected chi connectivity index (χ3v) is 3.98. The molecule has 0 radical (unpaired) electrons. The van der Waals surface area contributed by atoms with Crippen LogP contribution in [0.15, 0.2) is 17.0 Å². The molecule has 0 saturated carbocycles. The van der Waals surface area contributed by atoms with E-state index < -0.39 is 20.6 Å². The summed E-state index contributed by atoms with van der Waals surface area (Å²) < 4.78 is 25.5. The zero-order valence-corrected chi connectivity index (χ0v) is 9.96. The minimum Gasteiger partial charge on any atom is -0.258 e. The van der Waals surface area contributed by atoms with Gasteiger partial charge in [-0.2, -0.15) is 0 Å². The number of hydrogen-bond acceptors (Lipinski definition) is 4. The van der Waals surface area contributed by atoms with Gasteiger partial charge in [-0.3, -0.25) is 10.1 Å². The number of sulfonamides is 1. The van der Waals surface area contributed by atoms with Gasteiger partial charge in [-0.05, 0) is 32.0 Å². The summed E-state index contributed by atoms with van der Waals surface area (Å²) in [5.74, 6) is 0. The molecule has 0 aliphatic heterocycles. The van der Waals surface area contributed by atoms with Gasteiger partial charge in [0.1, 0.15) is 0 Å². The molecule has 0 fully saturated rings. The predicted molar refractivity (Wildman–Crippen MR) is 58.8 cm³/mol. The Labute approximate surface area is 93.5 Å². The van der Waals surface area contributed by atoms with Gasteiger partial charge in [-0.1, -0.05) is 6.07 Å². The number of benzene rings is 1. The number of hydrogen-bond donors (Lipinski definition) is 1. The maximum absolute atomic E-state index is 11.7. The van der Waals surface area contributed by atoms with Crippen molar-refractivity contribution in [3.8, 4) is 0 Å². The van der Waals surface area contributed by atoms with E-state index in [1.165, 1.54) is 19.2 Å². The highest BCUT2D eigenvalue weighted by molar-refractivity contribution is 7.89. The van der Waals surface area contributed by atoms with Crippen molar-refractivity contribution in [3.05, 3.63) is 33.4 Å². The highest BCUT2D eigenvalue weighted by atomic mass is 32.2. The van der Waals surface area contributed by atoms with Crippen LogP contribution in [-0.4, -0.2) is 20.4 Å². The molecule has 1 aromatic rings. The monoisotopic (exact) mass is 244 g/mol. The fourth-order valence-electron chi connectivity index (χ4n) is 1.36. The average molecular weight is 244 g/mol. The molecule has 1 rings (SSSR count). The van der Waals surface area contributed by atoms with Crippen LogP contribution < -0.4 is 4.72 Å². The van der Waals surface area contributed by atoms with Crippen molar-refractivity contribution in [3.63, 3.8) is 0 Å². The topological polar surface area (TPSA) is 89.3 Å².